The first-order valence-electron chi connectivity index (χ1n) is 8.53. The molecule has 146 valence electrons. The van der Waals surface area contributed by atoms with Gasteiger partial charge < -0.3 is 14.8 Å². The number of amides is 1. The van der Waals surface area contributed by atoms with Gasteiger partial charge in [-0.25, -0.2) is 0 Å². The minimum Gasteiger partial charge on any atom is -0.493 e. The predicted molar refractivity (Wildman–Crippen MR) is 112 cm³/mol. The van der Waals surface area contributed by atoms with Gasteiger partial charge in [0, 0.05) is 0 Å². The van der Waals surface area contributed by atoms with Gasteiger partial charge in [-0.3, -0.25) is 4.79 Å². The summed E-state index contributed by atoms with van der Waals surface area (Å²) in [5.41, 5.74) is 0.770. The van der Waals surface area contributed by atoms with Crippen molar-refractivity contribution >= 4 is 40.9 Å². The van der Waals surface area contributed by atoms with Crippen LogP contribution < -0.4 is 14.8 Å². The van der Waals surface area contributed by atoms with Gasteiger partial charge in [-0.15, -0.1) is 0 Å². The van der Waals surface area contributed by atoms with Crippen molar-refractivity contribution in [3.8, 4) is 17.6 Å². The summed E-state index contributed by atoms with van der Waals surface area (Å²) in [6.07, 6.45) is 1.45. The topological polar surface area (TPSA) is 71.3 Å². The fourth-order valence-electron chi connectivity index (χ4n) is 2.26. The van der Waals surface area contributed by atoms with E-state index in [0.717, 1.165) is 0 Å². The molecule has 0 unspecified atom stereocenters. The number of nitrogens with zero attached hydrogens (tertiary/aromatic N) is 1. The third-order valence-electron chi connectivity index (χ3n) is 3.64. The van der Waals surface area contributed by atoms with Gasteiger partial charge in [0.2, 0.25) is 0 Å². The fraction of sp³-hybridized carbons (Fsp3) is 0.238. The molecule has 0 radical (unpaired) electrons. The lowest BCUT2D eigenvalue weighted by Gasteiger charge is -2.13. The highest BCUT2D eigenvalue weighted by Crippen LogP contribution is 2.31. The molecule has 5 nitrogen and oxygen atoms in total. The largest absolute Gasteiger partial charge is 0.493 e. The zero-order valence-electron chi connectivity index (χ0n) is 15.8. The minimum absolute atomic E-state index is 0.103. The van der Waals surface area contributed by atoms with E-state index in [2.05, 4.69) is 5.32 Å². The highest BCUT2D eigenvalue weighted by atomic mass is 35.5. The third-order valence-corrected chi connectivity index (χ3v) is 4.27. The highest BCUT2D eigenvalue weighted by Gasteiger charge is 2.14. The average Bonchev–Trinajstić information content (AvgIpc) is 2.67. The molecule has 2 rings (SSSR count). The van der Waals surface area contributed by atoms with Crippen molar-refractivity contribution in [2.24, 2.45) is 5.92 Å². The molecule has 2 aromatic rings. The number of ether oxygens (including phenoxy) is 2. The fourth-order valence-corrected chi connectivity index (χ4v) is 2.75. The first-order chi connectivity index (χ1) is 13.3. The Morgan fingerprint density at radius 3 is 2.46 bits per heavy atom. The molecular formula is C21H20Cl2N2O3. The molecule has 2 aromatic carbocycles. The van der Waals surface area contributed by atoms with E-state index in [4.69, 9.17) is 32.7 Å². The van der Waals surface area contributed by atoms with Crippen LogP contribution in [0.1, 0.15) is 19.4 Å². The number of hydrogen-bond donors (Lipinski definition) is 1. The number of anilines is 1. The maximum atomic E-state index is 12.5. The van der Waals surface area contributed by atoms with E-state index < -0.39 is 5.91 Å². The molecule has 0 aliphatic rings. The Balaban J connectivity index is 2.26. The lowest BCUT2D eigenvalue weighted by molar-refractivity contribution is -0.112. The lowest BCUT2D eigenvalue weighted by atomic mass is 10.1. The number of nitrogens with one attached hydrogen (secondary N) is 1. The molecule has 0 fully saturated rings. The molecule has 0 aliphatic heterocycles. The van der Waals surface area contributed by atoms with E-state index in [1.54, 1.807) is 36.4 Å². The summed E-state index contributed by atoms with van der Waals surface area (Å²) in [5.74, 6) is 0.867. The average molecular weight is 419 g/mol. The van der Waals surface area contributed by atoms with Crippen molar-refractivity contribution in [1.29, 1.82) is 5.26 Å². The zero-order valence-corrected chi connectivity index (χ0v) is 17.3. The monoisotopic (exact) mass is 418 g/mol. The van der Waals surface area contributed by atoms with E-state index in [1.165, 1.54) is 13.2 Å². The smallest absolute Gasteiger partial charge is 0.266 e. The quantitative estimate of drug-likeness (QED) is 0.470. The van der Waals surface area contributed by atoms with Gasteiger partial charge in [0.25, 0.3) is 5.91 Å². The number of benzene rings is 2. The molecule has 0 saturated heterocycles. The summed E-state index contributed by atoms with van der Waals surface area (Å²) in [5, 5.41) is 12.5. The third kappa shape index (κ3) is 5.66. The minimum atomic E-state index is -0.614. The first kappa shape index (κ1) is 21.6. The van der Waals surface area contributed by atoms with Gasteiger partial charge in [0.15, 0.2) is 11.5 Å². The Labute approximate surface area is 174 Å². The molecule has 0 saturated carbocycles. The number of para-hydroxylation sites is 1. The van der Waals surface area contributed by atoms with Crippen molar-refractivity contribution in [2.75, 3.05) is 19.0 Å². The number of carbonyl (C=O) groups is 1. The molecule has 0 heterocycles. The zero-order chi connectivity index (χ0) is 20.7. The normalized spacial score (nSPS) is 11.1. The van der Waals surface area contributed by atoms with Gasteiger partial charge >= 0.3 is 0 Å². The summed E-state index contributed by atoms with van der Waals surface area (Å²) in [6.45, 7) is 4.65. The Kier molecular flexibility index (Phi) is 7.74. The van der Waals surface area contributed by atoms with Gasteiger partial charge in [-0.2, -0.15) is 5.26 Å². The number of carbonyl (C=O) groups excluding carboxylic acids is 1. The van der Waals surface area contributed by atoms with Gasteiger partial charge in [-0.05, 0) is 41.8 Å². The van der Waals surface area contributed by atoms with Gasteiger partial charge in [-0.1, -0.05) is 49.2 Å². The van der Waals surface area contributed by atoms with Crippen molar-refractivity contribution in [3.63, 3.8) is 0 Å². The SMILES string of the molecule is COc1cc(/C=C(\C#N)C(=O)Nc2c(Cl)cccc2Cl)ccc1OCC(C)C. The van der Waals surface area contributed by atoms with Gasteiger partial charge in [0.1, 0.15) is 11.6 Å². The van der Waals surface area contributed by atoms with Crippen LogP contribution in [0.15, 0.2) is 42.0 Å². The summed E-state index contributed by atoms with van der Waals surface area (Å²) >= 11 is 12.1. The molecule has 0 bridgehead atoms. The second-order valence-electron chi connectivity index (χ2n) is 6.34. The van der Waals surface area contributed by atoms with Gasteiger partial charge in [0.05, 0.1) is 29.4 Å². The van der Waals surface area contributed by atoms with Crippen molar-refractivity contribution < 1.29 is 14.3 Å². The van der Waals surface area contributed by atoms with Crippen LogP contribution >= 0.6 is 23.2 Å². The van der Waals surface area contributed by atoms with Crippen LogP contribution in [0.3, 0.4) is 0 Å². The van der Waals surface area contributed by atoms with Crippen molar-refractivity contribution in [3.05, 3.63) is 57.6 Å². The Morgan fingerprint density at radius 2 is 1.89 bits per heavy atom. The number of nitriles is 1. The highest BCUT2D eigenvalue weighted by molar-refractivity contribution is 6.40. The molecular weight excluding hydrogens is 399 g/mol. The van der Waals surface area contributed by atoms with E-state index >= 15 is 0 Å². The molecule has 0 spiro atoms. The van der Waals surface area contributed by atoms with Crippen LogP contribution in [-0.4, -0.2) is 19.6 Å². The van der Waals surface area contributed by atoms with Crippen LogP contribution in [0.4, 0.5) is 5.69 Å². The summed E-state index contributed by atoms with van der Waals surface area (Å²) in [4.78, 5) is 12.5. The summed E-state index contributed by atoms with van der Waals surface area (Å²) in [6, 6.07) is 11.9. The molecule has 0 atom stereocenters. The lowest BCUT2D eigenvalue weighted by Crippen LogP contribution is -2.14. The van der Waals surface area contributed by atoms with Crippen LogP contribution in [0.2, 0.25) is 10.0 Å². The van der Waals surface area contributed by atoms with Crippen LogP contribution in [-0.2, 0) is 4.79 Å². The van der Waals surface area contributed by atoms with Crippen LogP contribution in [0.5, 0.6) is 11.5 Å². The molecule has 0 aromatic heterocycles. The van der Waals surface area contributed by atoms with E-state index in [1.807, 2.05) is 19.9 Å². The molecule has 7 heteroatoms. The molecule has 1 amide bonds. The van der Waals surface area contributed by atoms with E-state index in [0.29, 0.717) is 29.6 Å². The maximum Gasteiger partial charge on any atom is 0.266 e. The molecule has 1 N–H and O–H groups in total. The Bertz CT molecular complexity index is 913. The first-order valence-corrected chi connectivity index (χ1v) is 9.29. The summed E-state index contributed by atoms with van der Waals surface area (Å²) in [7, 11) is 1.53. The number of hydrogen-bond acceptors (Lipinski definition) is 4. The van der Waals surface area contributed by atoms with Crippen LogP contribution in [0.25, 0.3) is 6.08 Å². The van der Waals surface area contributed by atoms with Crippen LogP contribution in [0, 0.1) is 17.2 Å². The molecule has 28 heavy (non-hydrogen) atoms. The van der Waals surface area contributed by atoms with E-state index in [-0.39, 0.29) is 21.3 Å². The van der Waals surface area contributed by atoms with E-state index in [9.17, 15) is 10.1 Å². The number of rotatable bonds is 7. The maximum absolute atomic E-state index is 12.5. The predicted octanol–water partition coefficient (Wildman–Crippen LogP) is 5.58. The standard InChI is InChI=1S/C21H20Cl2N2O3/c1-13(2)12-28-18-8-7-14(10-19(18)27-3)9-15(11-24)21(26)25-20-16(22)5-4-6-17(20)23/h4-10,13H,12H2,1-3H3,(H,25,26)/b15-9+. The van der Waals surface area contributed by atoms with Crippen molar-refractivity contribution in [1.82, 2.24) is 0 Å². The summed E-state index contributed by atoms with van der Waals surface area (Å²) < 4.78 is 11.1. The number of methoxy groups -OCH3 is 1. The Hall–Kier alpha value is -2.68. The Morgan fingerprint density at radius 1 is 1.21 bits per heavy atom. The second kappa shape index (κ2) is 10.0. The number of halogens is 2. The molecule has 0 aliphatic carbocycles. The second-order valence-corrected chi connectivity index (χ2v) is 7.15. The van der Waals surface area contributed by atoms with Crippen molar-refractivity contribution in [2.45, 2.75) is 13.8 Å².